The summed E-state index contributed by atoms with van der Waals surface area (Å²) in [6.07, 6.45) is 0.143. The zero-order chi connectivity index (χ0) is 43.5. The Bertz CT molecular complexity index is 2580. The number of aliphatic hydroxyl groups is 1. The summed E-state index contributed by atoms with van der Waals surface area (Å²) in [4.78, 5) is 67.0. The molecule has 3 atom stereocenters. The van der Waals surface area contributed by atoms with Crippen molar-refractivity contribution >= 4 is 61.7 Å². The number of fused-ring (bicyclic) bond motifs is 2. The number of nitrogens with zero attached hydrogens (tertiary/aromatic N) is 7. The molecule has 19 heteroatoms. The standard InChI is InChI=1S/C42H47F4N9O5S/c1-41(2,60)24-16-27-33(17-26(24)49-37(57)28-18-47-19-34(48-28)42(44,45)46)61-39(50-27)23-10-8-22(9-11-23)20-52(3)29-14-15-54(21-25(29)43)30-6-5-7-31-36(30)53(4)40(59)55(31)32-12-13-35(56)51-38(32)58/h5-7,16-19,22-23,25,29,32,60H,8-15,20-21H2,1-4H3,(H,49,57)(H,51,56,58)/t22?,23?,25-,29-,32?/m0/s1. The number of piperidine rings is 2. The highest BCUT2D eigenvalue weighted by Crippen LogP contribution is 2.42. The Morgan fingerprint density at radius 1 is 1.05 bits per heavy atom. The van der Waals surface area contributed by atoms with Gasteiger partial charge in [0.1, 0.15) is 17.9 Å². The third-order valence-corrected chi connectivity index (χ3v) is 13.5. The monoisotopic (exact) mass is 865 g/mol. The highest BCUT2D eigenvalue weighted by atomic mass is 32.1. The number of aryl methyl sites for hydroxylation is 1. The van der Waals surface area contributed by atoms with E-state index in [0.717, 1.165) is 53.8 Å². The summed E-state index contributed by atoms with van der Waals surface area (Å²) in [5.41, 5.74) is -0.459. The normalized spacial score (nSPS) is 22.9. The molecule has 0 spiro atoms. The lowest BCUT2D eigenvalue weighted by atomic mass is 9.81. The fourth-order valence-corrected chi connectivity index (χ4v) is 10.4. The lowest BCUT2D eigenvalue weighted by Crippen LogP contribution is -2.52. The number of amides is 3. The minimum atomic E-state index is -4.77. The Morgan fingerprint density at radius 2 is 1.80 bits per heavy atom. The van der Waals surface area contributed by atoms with Crippen molar-refractivity contribution in [1.82, 2.24) is 34.3 Å². The number of rotatable bonds is 9. The van der Waals surface area contributed by atoms with Gasteiger partial charge in [-0.3, -0.25) is 33.8 Å². The van der Waals surface area contributed by atoms with Crippen LogP contribution in [-0.4, -0.2) is 90.7 Å². The van der Waals surface area contributed by atoms with Gasteiger partial charge < -0.3 is 20.2 Å². The van der Waals surface area contributed by atoms with E-state index >= 15 is 4.39 Å². The Balaban J connectivity index is 0.900. The minimum Gasteiger partial charge on any atom is -0.386 e. The summed E-state index contributed by atoms with van der Waals surface area (Å²) < 4.78 is 59.5. The molecule has 0 bridgehead atoms. The van der Waals surface area contributed by atoms with Gasteiger partial charge in [0.05, 0.1) is 56.5 Å². The molecule has 324 valence electrons. The summed E-state index contributed by atoms with van der Waals surface area (Å²) in [5, 5.41) is 16.9. The molecular formula is C42H47F4N9O5S. The topological polar surface area (TPSA) is 168 Å². The predicted octanol–water partition coefficient (Wildman–Crippen LogP) is 6.04. The van der Waals surface area contributed by atoms with Gasteiger partial charge in [0, 0.05) is 49.8 Å². The number of para-hydroxylation sites is 1. The van der Waals surface area contributed by atoms with E-state index in [4.69, 9.17) is 4.98 Å². The third kappa shape index (κ3) is 8.38. The van der Waals surface area contributed by atoms with Gasteiger partial charge in [0.25, 0.3) is 5.91 Å². The van der Waals surface area contributed by atoms with Gasteiger partial charge in [-0.1, -0.05) is 6.07 Å². The summed E-state index contributed by atoms with van der Waals surface area (Å²) in [6.45, 7) is 4.56. The quantitative estimate of drug-likeness (QED) is 0.118. The molecule has 61 heavy (non-hydrogen) atoms. The first kappa shape index (κ1) is 42.4. The Hall–Kier alpha value is -5.27. The molecule has 2 aromatic carbocycles. The van der Waals surface area contributed by atoms with Crippen LogP contribution in [0.25, 0.3) is 21.3 Å². The molecule has 2 aliphatic heterocycles. The molecule has 3 fully saturated rings. The lowest BCUT2D eigenvalue weighted by Gasteiger charge is -2.42. The van der Waals surface area contributed by atoms with Gasteiger partial charge in [0.2, 0.25) is 11.8 Å². The smallest absolute Gasteiger partial charge is 0.386 e. The van der Waals surface area contributed by atoms with E-state index in [1.165, 1.54) is 20.5 Å². The molecule has 14 nitrogen and oxygen atoms in total. The number of aromatic nitrogens is 5. The van der Waals surface area contributed by atoms with Crippen LogP contribution in [0.5, 0.6) is 0 Å². The molecule has 8 rings (SSSR count). The van der Waals surface area contributed by atoms with Crippen LogP contribution in [0.2, 0.25) is 0 Å². The number of carbonyl (C=O) groups is 3. The van der Waals surface area contributed by atoms with Crippen molar-refractivity contribution < 1.29 is 37.1 Å². The number of anilines is 2. The predicted molar refractivity (Wildman–Crippen MR) is 221 cm³/mol. The summed E-state index contributed by atoms with van der Waals surface area (Å²) in [5.74, 6) is -1.22. The highest BCUT2D eigenvalue weighted by molar-refractivity contribution is 7.18. The second-order valence-corrected chi connectivity index (χ2v) is 18.1. The van der Waals surface area contributed by atoms with E-state index in [1.54, 1.807) is 39.1 Å². The number of nitrogens with one attached hydrogen (secondary N) is 2. The molecule has 3 aliphatic rings. The third-order valence-electron chi connectivity index (χ3n) is 12.4. The number of hydrogen-bond donors (Lipinski definition) is 3. The van der Waals surface area contributed by atoms with Crippen LogP contribution in [0, 0.1) is 5.92 Å². The first-order valence-corrected chi connectivity index (χ1v) is 21.2. The number of imidazole rings is 1. The van der Waals surface area contributed by atoms with E-state index in [2.05, 4.69) is 25.5 Å². The van der Waals surface area contributed by atoms with Crippen LogP contribution in [0.4, 0.5) is 28.9 Å². The molecule has 3 N–H and O–H groups in total. The average Bonchev–Trinajstić information content (AvgIpc) is 3.74. The molecule has 1 aliphatic carbocycles. The van der Waals surface area contributed by atoms with Crippen molar-refractivity contribution in [3.05, 3.63) is 75.2 Å². The second kappa shape index (κ2) is 16.2. The van der Waals surface area contributed by atoms with E-state index < -0.39 is 47.2 Å². The number of thiazole rings is 1. The zero-order valence-electron chi connectivity index (χ0n) is 34.1. The zero-order valence-corrected chi connectivity index (χ0v) is 34.9. The van der Waals surface area contributed by atoms with Gasteiger partial charge >= 0.3 is 11.9 Å². The first-order chi connectivity index (χ1) is 28.9. The molecule has 1 unspecified atom stereocenters. The maximum absolute atomic E-state index is 16.1. The van der Waals surface area contributed by atoms with Gasteiger partial charge in [-0.05, 0) is 89.6 Å². The minimum absolute atomic E-state index is 0.141. The highest BCUT2D eigenvalue weighted by Gasteiger charge is 2.37. The SMILES string of the molecule is CN(CC1CCC(c2nc3cc(C(C)(C)O)c(NC(=O)c4cncc(C(F)(F)F)n4)cc3s2)CC1)[C@H]1CCN(c2cccc3c2n(C)c(=O)n3C2CCC(=O)NC2=O)C[C@@H]1F. The van der Waals surface area contributed by atoms with Crippen LogP contribution in [0.1, 0.15) is 97.5 Å². The van der Waals surface area contributed by atoms with Crippen molar-refractivity contribution in [1.29, 1.82) is 0 Å². The van der Waals surface area contributed by atoms with Crippen molar-refractivity contribution in [2.45, 2.75) is 94.7 Å². The Labute approximate surface area is 352 Å². The Kier molecular flexibility index (Phi) is 11.3. The van der Waals surface area contributed by atoms with Crippen LogP contribution >= 0.6 is 11.3 Å². The molecule has 5 aromatic rings. The lowest BCUT2D eigenvalue weighted by molar-refractivity contribution is -0.141. The van der Waals surface area contributed by atoms with Gasteiger partial charge in [-0.25, -0.2) is 19.2 Å². The number of alkyl halides is 4. The fourth-order valence-electron chi connectivity index (χ4n) is 9.22. The average molecular weight is 866 g/mol. The van der Waals surface area contributed by atoms with E-state index in [9.17, 15) is 37.5 Å². The molecule has 3 amide bonds. The van der Waals surface area contributed by atoms with E-state index in [0.29, 0.717) is 47.2 Å². The Morgan fingerprint density at radius 3 is 2.49 bits per heavy atom. The van der Waals surface area contributed by atoms with Crippen LogP contribution < -0.4 is 21.2 Å². The molecule has 0 radical (unpaired) electrons. The van der Waals surface area contributed by atoms with Crippen molar-refractivity contribution in [3.63, 3.8) is 0 Å². The van der Waals surface area contributed by atoms with Crippen LogP contribution in [0.3, 0.4) is 0 Å². The summed E-state index contributed by atoms with van der Waals surface area (Å²) in [6, 6.07) is 7.75. The largest absolute Gasteiger partial charge is 0.434 e. The van der Waals surface area contributed by atoms with Crippen molar-refractivity contribution in [3.8, 4) is 0 Å². The first-order valence-electron chi connectivity index (χ1n) is 20.4. The molecule has 2 saturated heterocycles. The van der Waals surface area contributed by atoms with Gasteiger partial charge in [0.15, 0.2) is 5.69 Å². The van der Waals surface area contributed by atoms with E-state index in [-0.39, 0.29) is 48.6 Å². The molecule has 5 heterocycles. The molecular weight excluding hydrogens is 819 g/mol. The van der Waals surface area contributed by atoms with E-state index in [1.807, 2.05) is 24.1 Å². The maximum atomic E-state index is 16.1. The second-order valence-electron chi connectivity index (χ2n) is 17.0. The molecule has 3 aromatic heterocycles. The summed E-state index contributed by atoms with van der Waals surface area (Å²) in [7, 11) is 3.63. The number of hydrogen-bond acceptors (Lipinski definition) is 11. The van der Waals surface area contributed by atoms with Crippen LogP contribution in [0.15, 0.2) is 47.5 Å². The van der Waals surface area contributed by atoms with Gasteiger partial charge in [-0.2, -0.15) is 13.2 Å². The van der Waals surface area contributed by atoms with Crippen molar-refractivity contribution in [2.75, 3.05) is 36.9 Å². The number of benzene rings is 2. The number of imide groups is 1. The van der Waals surface area contributed by atoms with Gasteiger partial charge in [-0.15, -0.1) is 11.3 Å². The maximum Gasteiger partial charge on any atom is 0.434 e. The fraction of sp³-hybridized carbons (Fsp3) is 0.500. The number of halogens is 4. The summed E-state index contributed by atoms with van der Waals surface area (Å²) >= 11 is 1.48. The van der Waals surface area contributed by atoms with Crippen LogP contribution in [-0.2, 0) is 28.4 Å². The van der Waals surface area contributed by atoms with Crippen molar-refractivity contribution in [2.24, 2.45) is 13.0 Å². The number of carbonyl (C=O) groups excluding carboxylic acids is 3. The molecule has 1 saturated carbocycles.